The van der Waals surface area contributed by atoms with Crippen LogP contribution in [0.2, 0.25) is 0 Å². The first-order valence-corrected chi connectivity index (χ1v) is 8.75. The number of methoxy groups -OCH3 is 1. The Morgan fingerprint density at radius 1 is 1.11 bits per heavy atom. The topological polar surface area (TPSA) is 58.6 Å². The number of nitrogens with zero attached hydrogens (tertiary/aromatic N) is 1. The smallest absolute Gasteiger partial charge is 0.246 e. The number of carbonyl (C=O) groups excluding carboxylic acids is 2. The van der Waals surface area contributed by atoms with Crippen molar-refractivity contribution >= 4 is 23.6 Å². The highest BCUT2D eigenvalue weighted by molar-refractivity contribution is 5.98. The van der Waals surface area contributed by atoms with Crippen molar-refractivity contribution in [1.82, 2.24) is 4.90 Å². The van der Waals surface area contributed by atoms with Crippen LogP contribution in [0.3, 0.4) is 0 Å². The third-order valence-corrected chi connectivity index (χ3v) is 4.29. The van der Waals surface area contributed by atoms with Crippen LogP contribution >= 0.6 is 0 Å². The number of rotatable bonds is 6. The minimum atomic E-state index is -0.254. The van der Waals surface area contributed by atoms with E-state index < -0.39 is 0 Å². The summed E-state index contributed by atoms with van der Waals surface area (Å²) in [5, 5.41) is 2.89. The highest BCUT2D eigenvalue weighted by atomic mass is 16.5. The second-order valence-electron chi connectivity index (χ2n) is 6.59. The predicted octanol–water partition coefficient (Wildman–Crippen LogP) is 3.73. The second-order valence-corrected chi connectivity index (χ2v) is 6.59. The summed E-state index contributed by atoms with van der Waals surface area (Å²) in [6, 6.07) is 11.6. The summed E-state index contributed by atoms with van der Waals surface area (Å²) in [7, 11) is 3.19. The second kappa shape index (κ2) is 9.03. The number of carbonyl (C=O) groups is 2. The van der Waals surface area contributed by atoms with Gasteiger partial charge in [-0.1, -0.05) is 29.8 Å². The summed E-state index contributed by atoms with van der Waals surface area (Å²) in [4.78, 5) is 26.0. The van der Waals surface area contributed by atoms with Crippen molar-refractivity contribution in [3.63, 3.8) is 0 Å². The summed E-state index contributed by atoms with van der Waals surface area (Å²) >= 11 is 0. The van der Waals surface area contributed by atoms with Gasteiger partial charge in [0.15, 0.2) is 0 Å². The number of likely N-dealkylation sites (N-methyl/N-ethyl adjacent to an activating group) is 1. The molecule has 27 heavy (non-hydrogen) atoms. The fourth-order valence-electron chi connectivity index (χ4n) is 2.76. The van der Waals surface area contributed by atoms with Crippen LogP contribution in [0.15, 0.2) is 42.5 Å². The molecular formula is C22H26N2O3. The van der Waals surface area contributed by atoms with E-state index in [1.165, 1.54) is 11.0 Å². The fourth-order valence-corrected chi connectivity index (χ4v) is 2.76. The Morgan fingerprint density at radius 2 is 1.78 bits per heavy atom. The van der Waals surface area contributed by atoms with E-state index in [-0.39, 0.29) is 18.4 Å². The maximum Gasteiger partial charge on any atom is 0.246 e. The van der Waals surface area contributed by atoms with E-state index in [1.807, 2.05) is 57.2 Å². The molecule has 5 nitrogen and oxygen atoms in total. The van der Waals surface area contributed by atoms with Gasteiger partial charge in [0.1, 0.15) is 5.75 Å². The molecule has 0 aliphatic rings. The lowest BCUT2D eigenvalue weighted by Crippen LogP contribution is -2.34. The number of benzene rings is 2. The molecule has 0 aliphatic heterocycles. The highest BCUT2D eigenvalue weighted by Gasteiger charge is 2.13. The first-order chi connectivity index (χ1) is 12.8. The van der Waals surface area contributed by atoms with Gasteiger partial charge in [0.2, 0.25) is 11.8 Å². The molecule has 0 heterocycles. The Labute approximate surface area is 160 Å². The molecule has 1 N–H and O–H groups in total. The molecule has 142 valence electrons. The quantitative estimate of drug-likeness (QED) is 0.793. The molecule has 2 rings (SSSR count). The molecule has 2 aromatic carbocycles. The van der Waals surface area contributed by atoms with Crippen LogP contribution in [-0.4, -0.2) is 37.4 Å². The van der Waals surface area contributed by atoms with E-state index in [0.29, 0.717) is 5.75 Å². The molecule has 0 unspecified atom stereocenters. The van der Waals surface area contributed by atoms with E-state index in [1.54, 1.807) is 20.2 Å². The van der Waals surface area contributed by atoms with Gasteiger partial charge in [0.25, 0.3) is 0 Å². The summed E-state index contributed by atoms with van der Waals surface area (Å²) in [5.41, 5.74) is 4.67. The van der Waals surface area contributed by atoms with Crippen molar-refractivity contribution in [3.05, 3.63) is 64.7 Å². The van der Waals surface area contributed by atoms with Crippen molar-refractivity contribution in [1.29, 1.82) is 0 Å². The molecule has 0 fully saturated rings. The van der Waals surface area contributed by atoms with E-state index in [9.17, 15) is 9.59 Å². The summed E-state index contributed by atoms with van der Waals surface area (Å²) < 4.78 is 5.31. The highest BCUT2D eigenvalue weighted by Crippen LogP contribution is 2.21. The zero-order chi connectivity index (χ0) is 20.0. The summed E-state index contributed by atoms with van der Waals surface area (Å²) in [6.45, 7) is 5.83. The Bertz CT molecular complexity index is 852. The molecule has 0 aliphatic carbocycles. The normalized spacial score (nSPS) is 10.7. The van der Waals surface area contributed by atoms with Crippen LogP contribution in [0.5, 0.6) is 5.75 Å². The average molecular weight is 366 g/mol. The number of aryl methyl sites for hydroxylation is 3. The largest absolute Gasteiger partial charge is 0.496 e. The third kappa shape index (κ3) is 5.45. The van der Waals surface area contributed by atoms with Crippen molar-refractivity contribution in [2.24, 2.45) is 0 Å². The summed E-state index contributed by atoms with van der Waals surface area (Å²) in [5.74, 6) is 0.208. The van der Waals surface area contributed by atoms with Crippen LogP contribution in [-0.2, 0) is 9.59 Å². The van der Waals surface area contributed by atoms with Crippen molar-refractivity contribution in [2.45, 2.75) is 20.8 Å². The first kappa shape index (κ1) is 20.2. The molecule has 5 heteroatoms. The van der Waals surface area contributed by atoms with Gasteiger partial charge in [0.05, 0.1) is 13.7 Å². The van der Waals surface area contributed by atoms with Gasteiger partial charge in [0, 0.05) is 24.4 Å². The standard InChI is InChI=1S/C22H26N2O3/c1-15-9-11-19(27-5)18(13-15)10-12-21(26)24(4)14-20(25)23-22-16(2)7-6-8-17(22)3/h6-13H,14H2,1-5H3,(H,23,25)/b12-10+. The van der Waals surface area contributed by atoms with Crippen molar-refractivity contribution < 1.29 is 14.3 Å². The number of hydrogen-bond donors (Lipinski definition) is 1. The van der Waals surface area contributed by atoms with E-state index in [4.69, 9.17) is 4.74 Å². The number of anilines is 1. The predicted molar refractivity (Wildman–Crippen MR) is 109 cm³/mol. The average Bonchev–Trinajstić information content (AvgIpc) is 2.63. The van der Waals surface area contributed by atoms with Gasteiger partial charge in [-0.25, -0.2) is 0 Å². The summed E-state index contributed by atoms with van der Waals surface area (Å²) in [6.07, 6.45) is 3.15. The lowest BCUT2D eigenvalue weighted by Gasteiger charge is -2.17. The molecule has 0 bridgehead atoms. The molecule has 0 atom stereocenters. The molecular weight excluding hydrogens is 340 g/mol. The van der Waals surface area contributed by atoms with Crippen LogP contribution < -0.4 is 10.1 Å². The lowest BCUT2D eigenvalue weighted by atomic mass is 10.1. The van der Waals surface area contributed by atoms with Gasteiger partial charge in [-0.05, 0) is 50.1 Å². The zero-order valence-electron chi connectivity index (χ0n) is 16.5. The van der Waals surface area contributed by atoms with Gasteiger partial charge in [-0.2, -0.15) is 0 Å². The molecule has 0 radical (unpaired) electrons. The number of nitrogens with one attached hydrogen (secondary N) is 1. The van der Waals surface area contributed by atoms with E-state index in [0.717, 1.165) is 27.9 Å². The Balaban J connectivity index is 2.01. The Morgan fingerprint density at radius 3 is 2.41 bits per heavy atom. The van der Waals surface area contributed by atoms with Crippen LogP contribution in [0.1, 0.15) is 22.3 Å². The zero-order valence-corrected chi connectivity index (χ0v) is 16.5. The molecule has 2 amide bonds. The fraction of sp³-hybridized carbons (Fsp3) is 0.273. The lowest BCUT2D eigenvalue weighted by molar-refractivity contribution is -0.129. The minimum absolute atomic E-state index is 0.0259. The first-order valence-electron chi connectivity index (χ1n) is 8.75. The molecule has 0 saturated carbocycles. The number of para-hydroxylation sites is 1. The molecule has 0 spiro atoms. The number of hydrogen-bond acceptors (Lipinski definition) is 3. The van der Waals surface area contributed by atoms with Gasteiger partial charge < -0.3 is 15.0 Å². The van der Waals surface area contributed by atoms with Gasteiger partial charge in [-0.15, -0.1) is 0 Å². The minimum Gasteiger partial charge on any atom is -0.496 e. The van der Waals surface area contributed by atoms with Crippen molar-refractivity contribution in [2.75, 3.05) is 26.0 Å². The van der Waals surface area contributed by atoms with Crippen molar-refractivity contribution in [3.8, 4) is 5.75 Å². The van der Waals surface area contributed by atoms with E-state index in [2.05, 4.69) is 5.32 Å². The Kier molecular flexibility index (Phi) is 6.77. The monoisotopic (exact) mass is 366 g/mol. The molecule has 0 aromatic heterocycles. The third-order valence-electron chi connectivity index (χ3n) is 4.29. The van der Waals surface area contributed by atoms with Gasteiger partial charge >= 0.3 is 0 Å². The molecule has 0 saturated heterocycles. The van der Waals surface area contributed by atoms with Crippen LogP contribution in [0.4, 0.5) is 5.69 Å². The SMILES string of the molecule is COc1ccc(C)cc1/C=C/C(=O)N(C)CC(=O)Nc1c(C)cccc1C. The molecule has 2 aromatic rings. The number of amides is 2. The Hall–Kier alpha value is -3.08. The van der Waals surface area contributed by atoms with Gasteiger partial charge in [-0.3, -0.25) is 9.59 Å². The van der Waals surface area contributed by atoms with E-state index >= 15 is 0 Å². The number of ether oxygens (including phenoxy) is 1. The van der Waals surface area contributed by atoms with Crippen LogP contribution in [0.25, 0.3) is 6.08 Å². The maximum absolute atomic E-state index is 12.3. The van der Waals surface area contributed by atoms with Crippen LogP contribution in [0, 0.1) is 20.8 Å². The maximum atomic E-state index is 12.3.